The number of esters is 1. The Hall–Kier alpha value is -1.40. The van der Waals surface area contributed by atoms with Crippen LogP contribution in [0, 0.1) is 0 Å². The van der Waals surface area contributed by atoms with Crippen LogP contribution >= 0.6 is 0 Å². The number of aliphatic hydroxyl groups excluding tert-OH is 2. The SMILES string of the molecule is CCCCCCCCCCCCCCCCCCCCCCCCC/C=C/C(O)C(CO)NC(=O)CCCCCCCCCCCCCCCCCCCCCCCCCCCCCCCCCCCCCCCCCOC(=O)CCCCCCCCCCCCCCCCCCCC. The molecule has 0 fully saturated rings. The fourth-order valence-electron chi connectivity index (χ4n) is 15.3. The molecule has 6 nitrogen and oxygen atoms in total. The zero-order chi connectivity index (χ0) is 71.2. The van der Waals surface area contributed by atoms with Crippen LogP contribution in [0.5, 0.6) is 0 Å². The molecular formula is C93H183NO5. The van der Waals surface area contributed by atoms with Gasteiger partial charge in [-0.1, -0.05) is 514 Å². The number of aliphatic hydroxyl groups is 2. The van der Waals surface area contributed by atoms with Gasteiger partial charge in [0.15, 0.2) is 0 Å². The molecule has 2 unspecified atom stereocenters. The number of unbranched alkanes of at least 4 members (excludes halogenated alkanes) is 78. The van der Waals surface area contributed by atoms with Crippen molar-refractivity contribution in [2.75, 3.05) is 13.2 Å². The maximum atomic E-state index is 12.6. The normalized spacial score (nSPS) is 12.4. The van der Waals surface area contributed by atoms with Crippen molar-refractivity contribution in [1.82, 2.24) is 5.32 Å². The van der Waals surface area contributed by atoms with Gasteiger partial charge in [0.1, 0.15) is 0 Å². The zero-order valence-corrected chi connectivity index (χ0v) is 68.0. The van der Waals surface area contributed by atoms with Crippen LogP contribution in [0.2, 0.25) is 0 Å². The van der Waals surface area contributed by atoms with Gasteiger partial charge < -0.3 is 20.3 Å². The van der Waals surface area contributed by atoms with E-state index in [-0.39, 0.29) is 18.5 Å². The van der Waals surface area contributed by atoms with Gasteiger partial charge in [-0.2, -0.15) is 0 Å². The summed E-state index contributed by atoms with van der Waals surface area (Å²) in [7, 11) is 0. The molecule has 0 saturated heterocycles. The summed E-state index contributed by atoms with van der Waals surface area (Å²) in [5.41, 5.74) is 0. The average Bonchev–Trinajstić information content (AvgIpc) is 1.84. The lowest BCUT2D eigenvalue weighted by Gasteiger charge is -2.20. The number of hydrogen-bond acceptors (Lipinski definition) is 5. The topological polar surface area (TPSA) is 95.9 Å². The smallest absolute Gasteiger partial charge is 0.305 e. The Balaban J connectivity index is 3.31. The molecule has 0 heterocycles. The van der Waals surface area contributed by atoms with Crippen LogP contribution in [0.1, 0.15) is 547 Å². The highest BCUT2D eigenvalue weighted by Gasteiger charge is 2.18. The molecule has 0 aliphatic carbocycles. The lowest BCUT2D eigenvalue weighted by atomic mass is 10.0. The summed E-state index contributed by atoms with van der Waals surface area (Å²) < 4.78 is 5.53. The largest absolute Gasteiger partial charge is 0.466 e. The summed E-state index contributed by atoms with van der Waals surface area (Å²) in [6.45, 7) is 4.98. The zero-order valence-electron chi connectivity index (χ0n) is 68.0. The summed E-state index contributed by atoms with van der Waals surface area (Å²) in [5, 5.41) is 23.4. The van der Waals surface area contributed by atoms with Gasteiger partial charge in [0.2, 0.25) is 5.91 Å². The summed E-state index contributed by atoms with van der Waals surface area (Å²) in [6.07, 6.45) is 116. The Morgan fingerprint density at radius 1 is 0.273 bits per heavy atom. The van der Waals surface area contributed by atoms with E-state index in [9.17, 15) is 19.8 Å². The molecule has 0 aromatic carbocycles. The summed E-state index contributed by atoms with van der Waals surface area (Å²) in [6, 6.07) is -0.624. The van der Waals surface area contributed by atoms with Crippen molar-refractivity contribution in [2.45, 2.75) is 559 Å². The monoisotopic (exact) mass is 1390 g/mol. The van der Waals surface area contributed by atoms with Crippen molar-refractivity contribution in [2.24, 2.45) is 0 Å². The Bertz CT molecular complexity index is 1520. The Morgan fingerprint density at radius 3 is 0.687 bits per heavy atom. The fourth-order valence-corrected chi connectivity index (χ4v) is 15.3. The summed E-state index contributed by atoms with van der Waals surface area (Å²) in [4.78, 5) is 24.7. The first-order valence-electron chi connectivity index (χ1n) is 46.5. The van der Waals surface area contributed by atoms with Gasteiger partial charge in [0.05, 0.1) is 25.4 Å². The van der Waals surface area contributed by atoms with Gasteiger partial charge in [-0.15, -0.1) is 0 Å². The first-order valence-corrected chi connectivity index (χ1v) is 46.5. The molecular weight excluding hydrogens is 1210 g/mol. The molecule has 0 saturated carbocycles. The molecule has 0 aromatic rings. The summed E-state index contributed by atoms with van der Waals surface area (Å²) >= 11 is 0. The lowest BCUT2D eigenvalue weighted by Crippen LogP contribution is -2.45. The second kappa shape index (κ2) is 89.0. The number of carbonyl (C=O) groups excluding carboxylic acids is 2. The first-order chi connectivity index (χ1) is 49.0. The van der Waals surface area contributed by atoms with Crippen molar-refractivity contribution in [3.8, 4) is 0 Å². The summed E-state index contributed by atoms with van der Waals surface area (Å²) in [5.74, 6) is -0.0253. The Morgan fingerprint density at radius 2 is 0.465 bits per heavy atom. The molecule has 0 spiro atoms. The number of amides is 1. The van der Waals surface area contributed by atoms with Crippen molar-refractivity contribution in [1.29, 1.82) is 0 Å². The lowest BCUT2D eigenvalue weighted by molar-refractivity contribution is -0.143. The maximum absolute atomic E-state index is 12.6. The van der Waals surface area contributed by atoms with E-state index in [1.807, 2.05) is 6.08 Å². The molecule has 2 atom stereocenters. The van der Waals surface area contributed by atoms with Crippen molar-refractivity contribution >= 4 is 11.9 Å². The standard InChI is InChI=1S/C93H183NO5/c1-3-5-7-9-11-13-15-17-19-21-23-24-25-41-44-47-50-53-57-61-65-69-73-77-81-85-91(96)90(89-95)94-92(97)86-82-78-74-70-66-62-58-54-51-48-45-42-39-37-35-33-31-29-27-26-28-30-32-34-36-38-40-43-46-49-52-56-60-64-68-72-76-80-84-88-99-93(98)87-83-79-75-71-67-63-59-55-22-20-18-16-14-12-10-8-6-4-2/h81,85,90-91,95-96H,3-80,82-84,86-89H2,1-2H3,(H,94,97)/b85-81+. The Labute approximate surface area is 622 Å². The highest BCUT2D eigenvalue weighted by atomic mass is 16.5. The molecule has 0 aliphatic rings. The van der Waals surface area contributed by atoms with E-state index in [4.69, 9.17) is 4.74 Å². The highest BCUT2D eigenvalue weighted by molar-refractivity contribution is 5.76. The minimum Gasteiger partial charge on any atom is -0.466 e. The van der Waals surface area contributed by atoms with Crippen LogP contribution in [0.15, 0.2) is 12.2 Å². The number of ether oxygens (including phenoxy) is 1. The third-order valence-electron chi connectivity index (χ3n) is 22.3. The quantitative estimate of drug-likeness (QED) is 0.0320. The molecule has 3 N–H and O–H groups in total. The van der Waals surface area contributed by atoms with Crippen LogP contribution in [-0.2, 0) is 14.3 Å². The van der Waals surface area contributed by atoms with Crippen molar-refractivity contribution in [3.05, 3.63) is 12.2 Å². The van der Waals surface area contributed by atoms with Gasteiger partial charge in [-0.05, 0) is 32.1 Å². The third kappa shape index (κ3) is 85.4. The number of allylic oxidation sites excluding steroid dienone is 1. The highest BCUT2D eigenvalue weighted by Crippen LogP contribution is 2.22. The van der Waals surface area contributed by atoms with Crippen LogP contribution in [-0.4, -0.2) is 47.4 Å². The Kier molecular flexibility index (Phi) is 87.7. The maximum Gasteiger partial charge on any atom is 0.305 e. The van der Waals surface area contributed by atoms with E-state index in [1.165, 1.54) is 482 Å². The molecule has 0 rings (SSSR count). The van der Waals surface area contributed by atoms with E-state index in [2.05, 4.69) is 19.2 Å². The molecule has 1 amide bonds. The molecule has 0 aliphatic heterocycles. The van der Waals surface area contributed by atoms with Crippen LogP contribution < -0.4 is 5.32 Å². The first kappa shape index (κ1) is 97.6. The second-order valence-electron chi connectivity index (χ2n) is 32.4. The second-order valence-corrected chi connectivity index (χ2v) is 32.4. The van der Waals surface area contributed by atoms with E-state index in [0.29, 0.717) is 19.4 Å². The van der Waals surface area contributed by atoms with Crippen molar-refractivity contribution in [3.63, 3.8) is 0 Å². The predicted molar refractivity (Wildman–Crippen MR) is 440 cm³/mol. The van der Waals surface area contributed by atoms with Gasteiger partial charge in [-0.25, -0.2) is 0 Å². The molecule has 99 heavy (non-hydrogen) atoms. The number of rotatable bonds is 89. The van der Waals surface area contributed by atoms with Gasteiger partial charge in [-0.3, -0.25) is 9.59 Å². The number of nitrogens with one attached hydrogen (secondary N) is 1. The van der Waals surface area contributed by atoms with Crippen LogP contribution in [0.25, 0.3) is 0 Å². The van der Waals surface area contributed by atoms with Crippen LogP contribution in [0.4, 0.5) is 0 Å². The number of carbonyl (C=O) groups is 2. The molecule has 0 aromatic heterocycles. The number of hydrogen-bond donors (Lipinski definition) is 3. The molecule has 0 bridgehead atoms. The molecule has 590 valence electrons. The minimum absolute atomic E-state index is 0.0299. The molecule has 6 heteroatoms. The van der Waals surface area contributed by atoms with Gasteiger partial charge in [0, 0.05) is 12.8 Å². The van der Waals surface area contributed by atoms with Crippen molar-refractivity contribution < 1.29 is 24.5 Å². The fraction of sp³-hybridized carbons (Fsp3) is 0.957. The van der Waals surface area contributed by atoms with E-state index >= 15 is 0 Å². The van der Waals surface area contributed by atoms with E-state index in [0.717, 1.165) is 38.5 Å². The van der Waals surface area contributed by atoms with Gasteiger partial charge in [0.25, 0.3) is 0 Å². The molecule has 0 radical (unpaired) electrons. The average molecular weight is 1400 g/mol. The predicted octanol–water partition coefficient (Wildman–Crippen LogP) is 31.3. The van der Waals surface area contributed by atoms with Gasteiger partial charge >= 0.3 is 5.97 Å². The third-order valence-corrected chi connectivity index (χ3v) is 22.3. The van der Waals surface area contributed by atoms with Crippen LogP contribution in [0.3, 0.4) is 0 Å². The minimum atomic E-state index is -0.841. The van der Waals surface area contributed by atoms with E-state index in [1.54, 1.807) is 6.08 Å². The van der Waals surface area contributed by atoms with E-state index < -0.39 is 12.1 Å².